The van der Waals surface area contributed by atoms with Crippen molar-refractivity contribution in [1.82, 2.24) is 5.09 Å². The molecule has 0 bridgehead atoms. The fourth-order valence-corrected chi connectivity index (χ4v) is 0.635. The molecule has 1 amide bonds. The first kappa shape index (κ1) is 8.90. The summed E-state index contributed by atoms with van der Waals surface area (Å²) in [5.74, 6) is 0.0764. The van der Waals surface area contributed by atoms with Crippen LogP contribution in [0.2, 0.25) is 0 Å². The lowest BCUT2D eigenvalue weighted by molar-refractivity contribution is -0.120. The van der Waals surface area contributed by atoms with Crippen LogP contribution in [0, 0.1) is 5.41 Å². The maximum atomic E-state index is 10.7. The molecule has 0 rings (SSSR count). The number of carbonyl (C=O) groups is 1. The van der Waals surface area contributed by atoms with Crippen molar-refractivity contribution in [3.63, 3.8) is 0 Å². The van der Waals surface area contributed by atoms with Gasteiger partial charge in [0, 0.05) is 6.42 Å². The Bertz CT molecular complexity index is 106. The summed E-state index contributed by atoms with van der Waals surface area (Å²) in [5, 5.41) is 2.50. The largest absolute Gasteiger partial charge is 0.341 e. The zero-order valence-corrected chi connectivity index (χ0v) is 7.35. The maximum absolute atomic E-state index is 10.7. The molecular weight excluding hydrogens is 133 g/mol. The van der Waals surface area contributed by atoms with E-state index >= 15 is 0 Å². The molecule has 0 fully saturated rings. The maximum Gasteiger partial charge on any atom is 0.223 e. The smallest absolute Gasteiger partial charge is 0.223 e. The number of rotatable bonds is 1. The molecular formula is C6H14NOP. The Labute approximate surface area is 58.7 Å². The molecule has 0 aliphatic carbocycles. The van der Waals surface area contributed by atoms with Crippen LogP contribution in [-0.2, 0) is 4.79 Å². The Morgan fingerprint density at radius 1 is 1.56 bits per heavy atom. The van der Waals surface area contributed by atoms with Crippen molar-refractivity contribution in [1.29, 1.82) is 0 Å². The molecule has 0 aromatic heterocycles. The second-order valence-electron chi connectivity index (χ2n) is 3.30. The summed E-state index contributed by atoms with van der Waals surface area (Å²) in [5.41, 5.74) is 0.0979. The van der Waals surface area contributed by atoms with Crippen LogP contribution < -0.4 is 5.09 Å². The molecule has 0 aliphatic rings. The second kappa shape index (κ2) is 3.17. The molecule has 0 spiro atoms. The van der Waals surface area contributed by atoms with E-state index in [4.69, 9.17) is 0 Å². The summed E-state index contributed by atoms with van der Waals surface area (Å²) in [6.45, 7) is 6.10. The molecule has 0 aliphatic heterocycles. The molecule has 2 nitrogen and oxygen atoms in total. The first-order chi connectivity index (χ1) is 3.95. The first-order valence-electron chi connectivity index (χ1n) is 2.95. The van der Waals surface area contributed by atoms with Gasteiger partial charge in [0.2, 0.25) is 5.91 Å². The summed E-state index contributed by atoms with van der Waals surface area (Å²) in [4.78, 5) is 10.7. The average Bonchev–Trinajstić information content (AvgIpc) is 1.62. The van der Waals surface area contributed by atoms with Gasteiger partial charge >= 0.3 is 0 Å². The van der Waals surface area contributed by atoms with Gasteiger partial charge in [-0.3, -0.25) is 4.79 Å². The fourth-order valence-electron chi connectivity index (χ4n) is 0.533. The third kappa shape index (κ3) is 5.78. The van der Waals surface area contributed by atoms with Gasteiger partial charge in [-0.2, -0.15) is 0 Å². The summed E-state index contributed by atoms with van der Waals surface area (Å²) in [6, 6.07) is 0. The van der Waals surface area contributed by atoms with E-state index < -0.39 is 0 Å². The molecule has 3 heteroatoms. The van der Waals surface area contributed by atoms with Crippen molar-refractivity contribution in [2.45, 2.75) is 27.2 Å². The van der Waals surface area contributed by atoms with Gasteiger partial charge in [0.25, 0.3) is 0 Å². The van der Waals surface area contributed by atoms with E-state index in [0.717, 1.165) is 0 Å². The van der Waals surface area contributed by atoms with E-state index in [1.54, 1.807) is 0 Å². The second-order valence-corrected chi connectivity index (χ2v) is 3.59. The highest BCUT2D eigenvalue weighted by Gasteiger charge is 2.13. The molecule has 0 radical (unpaired) electrons. The van der Waals surface area contributed by atoms with E-state index in [1.165, 1.54) is 0 Å². The quantitative estimate of drug-likeness (QED) is 0.557. The van der Waals surface area contributed by atoms with Gasteiger partial charge < -0.3 is 5.09 Å². The SMILES string of the molecule is CC(C)(C)CC(=O)NP. The zero-order valence-electron chi connectivity index (χ0n) is 6.19. The van der Waals surface area contributed by atoms with Gasteiger partial charge in [-0.15, -0.1) is 0 Å². The number of nitrogens with one attached hydrogen (secondary N) is 1. The predicted molar refractivity (Wildman–Crippen MR) is 41.9 cm³/mol. The lowest BCUT2D eigenvalue weighted by atomic mass is 9.92. The van der Waals surface area contributed by atoms with E-state index in [2.05, 4.69) is 14.5 Å². The Hall–Kier alpha value is -0.100. The monoisotopic (exact) mass is 147 g/mol. The van der Waals surface area contributed by atoms with Gasteiger partial charge in [0.15, 0.2) is 0 Å². The molecule has 9 heavy (non-hydrogen) atoms. The van der Waals surface area contributed by atoms with Crippen molar-refractivity contribution >= 4 is 15.3 Å². The predicted octanol–water partition coefficient (Wildman–Crippen LogP) is 1.33. The van der Waals surface area contributed by atoms with E-state index in [9.17, 15) is 4.79 Å². The van der Waals surface area contributed by atoms with Crippen LogP contribution in [0.15, 0.2) is 0 Å². The van der Waals surface area contributed by atoms with Gasteiger partial charge in [0.1, 0.15) is 0 Å². The number of hydrogen-bond acceptors (Lipinski definition) is 1. The van der Waals surface area contributed by atoms with Crippen LogP contribution in [0.3, 0.4) is 0 Å². The Balaban J connectivity index is 3.60. The number of carbonyl (C=O) groups excluding carboxylic acids is 1. The summed E-state index contributed by atoms with van der Waals surface area (Å²) in [7, 11) is 2.20. The lowest BCUT2D eigenvalue weighted by Gasteiger charge is -2.15. The first-order valence-corrected chi connectivity index (χ1v) is 3.53. The zero-order chi connectivity index (χ0) is 7.49. The topological polar surface area (TPSA) is 29.1 Å². The van der Waals surface area contributed by atoms with E-state index in [1.807, 2.05) is 20.8 Å². The highest BCUT2D eigenvalue weighted by Crippen LogP contribution is 2.17. The number of amides is 1. The minimum Gasteiger partial charge on any atom is -0.341 e. The molecule has 0 saturated heterocycles. The molecule has 54 valence electrons. The molecule has 1 N–H and O–H groups in total. The van der Waals surface area contributed by atoms with Crippen LogP contribution >= 0.6 is 9.39 Å². The fraction of sp³-hybridized carbons (Fsp3) is 0.833. The Kier molecular flexibility index (Phi) is 3.13. The van der Waals surface area contributed by atoms with Gasteiger partial charge in [-0.05, 0) is 14.8 Å². The van der Waals surface area contributed by atoms with Crippen LogP contribution in [0.5, 0.6) is 0 Å². The minimum atomic E-state index is 0.0764. The Morgan fingerprint density at radius 2 is 2.00 bits per heavy atom. The summed E-state index contributed by atoms with van der Waals surface area (Å²) < 4.78 is 0. The molecule has 1 unspecified atom stereocenters. The molecule has 0 aromatic rings. The third-order valence-electron chi connectivity index (χ3n) is 0.852. The van der Waals surface area contributed by atoms with Crippen LogP contribution in [0.1, 0.15) is 27.2 Å². The highest BCUT2D eigenvalue weighted by atomic mass is 31.0. The van der Waals surface area contributed by atoms with E-state index in [-0.39, 0.29) is 11.3 Å². The van der Waals surface area contributed by atoms with Crippen LogP contribution in [0.25, 0.3) is 0 Å². The highest BCUT2D eigenvalue weighted by molar-refractivity contribution is 7.15. The van der Waals surface area contributed by atoms with Gasteiger partial charge in [-0.25, -0.2) is 0 Å². The minimum absolute atomic E-state index is 0.0764. The van der Waals surface area contributed by atoms with Crippen molar-refractivity contribution in [2.75, 3.05) is 0 Å². The van der Waals surface area contributed by atoms with Crippen LogP contribution in [0.4, 0.5) is 0 Å². The van der Waals surface area contributed by atoms with Crippen molar-refractivity contribution in [3.05, 3.63) is 0 Å². The van der Waals surface area contributed by atoms with Crippen molar-refractivity contribution in [2.24, 2.45) is 5.41 Å². The van der Waals surface area contributed by atoms with E-state index in [0.29, 0.717) is 6.42 Å². The average molecular weight is 147 g/mol. The normalized spacial score (nSPS) is 11.1. The molecule has 0 saturated carbocycles. The molecule has 0 aromatic carbocycles. The van der Waals surface area contributed by atoms with Crippen molar-refractivity contribution in [3.8, 4) is 0 Å². The third-order valence-corrected chi connectivity index (χ3v) is 1.17. The van der Waals surface area contributed by atoms with Crippen molar-refractivity contribution < 1.29 is 4.79 Å². The standard InChI is InChI=1S/C6H14NOP/c1-6(2,3)4-5(8)7-9/h4,9H2,1-3H3,(H,7,8). The summed E-state index contributed by atoms with van der Waals surface area (Å²) in [6.07, 6.45) is 0.580. The lowest BCUT2D eigenvalue weighted by Crippen LogP contribution is -2.19. The van der Waals surface area contributed by atoms with Gasteiger partial charge in [0.05, 0.1) is 0 Å². The number of hydrogen-bond donors (Lipinski definition) is 1. The van der Waals surface area contributed by atoms with Crippen LogP contribution in [-0.4, -0.2) is 5.91 Å². The summed E-state index contributed by atoms with van der Waals surface area (Å²) >= 11 is 0. The van der Waals surface area contributed by atoms with Gasteiger partial charge in [-0.1, -0.05) is 20.8 Å². The Morgan fingerprint density at radius 3 is 2.11 bits per heavy atom. The molecule has 1 atom stereocenters. The molecule has 0 heterocycles.